The Morgan fingerprint density at radius 1 is 1.00 bits per heavy atom. The molecule has 0 atom stereocenters. The molecule has 2 aromatic carbocycles. The molecule has 0 amide bonds. The average Bonchev–Trinajstić information content (AvgIpc) is 3.02. The fraction of sp³-hybridized carbons (Fsp3) is 0.0952. The van der Waals surface area contributed by atoms with E-state index < -0.39 is 0 Å². The molecule has 2 N–H and O–H groups in total. The van der Waals surface area contributed by atoms with Crippen LogP contribution in [0.25, 0.3) is 16.9 Å². The number of hydrogen-bond donors (Lipinski definition) is 2. The van der Waals surface area contributed by atoms with Crippen molar-refractivity contribution < 1.29 is 9.84 Å². The van der Waals surface area contributed by atoms with Crippen LogP contribution in [-0.4, -0.2) is 21.6 Å². The van der Waals surface area contributed by atoms with Gasteiger partial charge in [0.25, 0.3) is 0 Å². The Morgan fingerprint density at radius 2 is 1.81 bits per heavy atom. The molecule has 0 unspecified atom stereocenters. The maximum atomic E-state index is 9.88. The highest BCUT2D eigenvalue weighted by Crippen LogP contribution is 2.34. The van der Waals surface area contributed by atoms with Crippen LogP contribution in [0, 0.1) is 6.92 Å². The molecule has 5 nitrogen and oxygen atoms in total. The van der Waals surface area contributed by atoms with Crippen LogP contribution in [0.15, 0.2) is 66.7 Å². The number of aromatic hydroxyl groups is 1. The third-order valence-electron chi connectivity index (χ3n) is 4.29. The fourth-order valence-corrected chi connectivity index (χ4v) is 3.06. The molecule has 5 heteroatoms. The molecule has 0 saturated heterocycles. The van der Waals surface area contributed by atoms with Crippen molar-refractivity contribution in [2.24, 2.45) is 0 Å². The van der Waals surface area contributed by atoms with Gasteiger partial charge in [0.05, 0.1) is 7.11 Å². The maximum Gasteiger partial charge on any atom is 0.143 e. The number of hydrogen-bond acceptors (Lipinski definition) is 4. The smallest absolute Gasteiger partial charge is 0.143 e. The van der Waals surface area contributed by atoms with Crippen LogP contribution in [0.2, 0.25) is 0 Å². The minimum Gasteiger partial charge on any atom is -0.508 e. The Kier molecular flexibility index (Phi) is 3.97. The summed E-state index contributed by atoms with van der Waals surface area (Å²) in [5.74, 6) is 1.83. The number of phenols is 1. The van der Waals surface area contributed by atoms with Crippen LogP contribution in [0.5, 0.6) is 11.5 Å². The van der Waals surface area contributed by atoms with Crippen LogP contribution >= 0.6 is 0 Å². The lowest BCUT2D eigenvalue weighted by atomic mass is 10.1. The van der Waals surface area contributed by atoms with Gasteiger partial charge < -0.3 is 15.2 Å². The SMILES string of the molecule is COc1cccc(Nc2c(-c3cccc(O)c3)nc3cccc(C)n23)c1. The normalized spacial score (nSPS) is 10.8. The molecular formula is C21H19N3O2. The summed E-state index contributed by atoms with van der Waals surface area (Å²) in [7, 11) is 1.65. The van der Waals surface area contributed by atoms with Crippen molar-refractivity contribution in [1.29, 1.82) is 0 Å². The molecule has 0 saturated carbocycles. The van der Waals surface area contributed by atoms with Gasteiger partial charge >= 0.3 is 0 Å². The minimum atomic E-state index is 0.212. The molecule has 4 aromatic rings. The third-order valence-corrected chi connectivity index (χ3v) is 4.29. The second kappa shape index (κ2) is 6.44. The Morgan fingerprint density at radius 3 is 2.62 bits per heavy atom. The van der Waals surface area contributed by atoms with E-state index in [2.05, 4.69) is 9.72 Å². The summed E-state index contributed by atoms with van der Waals surface area (Å²) >= 11 is 0. The number of fused-ring (bicyclic) bond motifs is 1. The molecular weight excluding hydrogens is 326 g/mol. The predicted molar refractivity (Wildman–Crippen MR) is 103 cm³/mol. The summed E-state index contributed by atoms with van der Waals surface area (Å²) in [4.78, 5) is 4.78. The van der Waals surface area contributed by atoms with Gasteiger partial charge in [-0.05, 0) is 43.3 Å². The van der Waals surface area contributed by atoms with E-state index in [-0.39, 0.29) is 5.75 Å². The van der Waals surface area contributed by atoms with E-state index in [0.29, 0.717) is 0 Å². The summed E-state index contributed by atoms with van der Waals surface area (Å²) in [6, 6.07) is 20.9. The summed E-state index contributed by atoms with van der Waals surface area (Å²) in [6.45, 7) is 2.04. The number of imidazole rings is 1. The number of anilines is 2. The third kappa shape index (κ3) is 2.84. The maximum absolute atomic E-state index is 9.88. The first-order valence-electron chi connectivity index (χ1n) is 8.34. The largest absolute Gasteiger partial charge is 0.508 e. The zero-order valence-electron chi connectivity index (χ0n) is 14.6. The van der Waals surface area contributed by atoms with Gasteiger partial charge in [-0.1, -0.05) is 24.3 Å². The van der Waals surface area contributed by atoms with Crippen molar-refractivity contribution in [3.05, 3.63) is 72.4 Å². The Hall–Kier alpha value is -3.47. The lowest BCUT2D eigenvalue weighted by Crippen LogP contribution is -1.99. The van der Waals surface area contributed by atoms with Crippen molar-refractivity contribution in [1.82, 2.24) is 9.38 Å². The van der Waals surface area contributed by atoms with Crippen molar-refractivity contribution in [2.45, 2.75) is 6.92 Å². The number of phenolic OH excluding ortho intramolecular Hbond substituents is 1. The molecule has 4 rings (SSSR count). The fourth-order valence-electron chi connectivity index (χ4n) is 3.06. The van der Waals surface area contributed by atoms with E-state index in [9.17, 15) is 5.11 Å². The molecule has 0 aliphatic heterocycles. The van der Waals surface area contributed by atoms with Crippen molar-refractivity contribution in [2.75, 3.05) is 12.4 Å². The van der Waals surface area contributed by atoms with Crippen molar-refractivity contribution in [3.8, 4) is 22.8 Å². The highest BCUT2D eigenvalue weighted by molar-refractivity contribution is 5.80. The quantitative estimate of drug-likeness (QED) is 0.559. The van der Waals surface area contributed by atoms with Crippen LogP contribution < -0.4 is 10.1 Å². The van der Waals surface area contributed by atoms with Crippen LogP contribution in [0.1, 0.15) is 5.69 Å². The molecule has 130 valence electrons. The summed E-state index contributed by atoms with van der Waals surface area (Å²) in [6.07, 6.45) is 0. The number of methoxy groups -OCH3 is 1. The van der Waals surface area contributed by atoms with Gasteiger partial charge in [0.2, 0.25) is 0 Å². The van der Waals surface area contributed by atoms with E-state index >= 15 is 0 Å². The molecule has 2 heterocycles. The number of aryl methyl sites for hydroxylation is 1. The molecule has 0 spiro atoms. The van der Waals surface area contributed by atoms with Gasteiger partial charge in [-0.25, -0.2) is 4.98 Å². The predicted octanol–water partition coefficient (Wildman–Crippen LogP) is 4.77. The minimum absolute atomic E-state index is 0.212. The standard InChI is InChI=1S/C21H19N3O2/c1-14-6-3-11-19-23-20(15-7-4-9-17(25)12-15)21(24(14)19)22-16-8-5-10-18(13-16)26-2/h3-13,22,25H,1-2H3. The lowest BCUT2D eigenvalue weighted by molar-refractivity contribution is 0.415. The number of nitrogens with zero attached hydrogens (tertiary/aromatic N) is 2. The van der Waals surface area contributed by atoms with Gasteiger partial charge in [0.15, 0.2) is 0 Å². The highest BCUT2D eigenvalue weighted by Gasteiger charge is 2.16. The van der Waals surface area contributed by atoms with E-state index in [1.165, 1.54) is 0 Å². The van der Waals surface area contributed by atoms with Crippen molar-refractivity contribution >= 4 is 17.2 Å². The topological polar surface area (TPSA) is 58.8 Å². The van der Waals surface area contributed by atoms with Gasteiger partial charge in [-0.3, -0.25) is 4.40 Å². The average molecular weight is 345 g/mol. The Bertz CT molecular complexity index is 1090. The summed E-state index contributed by atoms with van der Waals surface area (Å²) in [5, 5.41) is 13.3. The molecule has 0 bridgehead atoms. The molecule has 2 aromatic heterocycles. The molecule has 0 aliphatic carbocycles. The number of nitrogens with one attached hydrogen (secondary N) is 1. The number of rotatable bonds is 4. The zero-order chi connectivity index (χ0) is 18.1. The van der Waals surface area contributed by atoms with Crippen LogP contribution in [0.3, 0.4) is 0 Å². The van der Waals surface area contributed by atoms with Gasteiger partial charge in [0, 0.05) is 23.0 Å². The number of aromatic nitrogens is 2. The summed E-state index contributed by atoms with van der Waals surface area (Å²) in [5.41, 5.74) is 4.42. The zero-order valence-corrected chi connectivity index (χ0v) is 14.6. The van der Waals surface area contributed by atoms with Crippen LogP contribution in [-0.2, 0) is 0 Å². The van der Waals surface area contributed by atoms with Crippen molar-refractivity contribution in [3.63, 3.8) is 0 Å². The molecule has 26 heavy (non-hydrogen) atoms. The first kappa shape index (κ1) is 16.0. The Labute approximate surface area is 151 Å². The van der Waals surface area contributed by atoms with E-state index in [4.69, 9.17) is 9.72 Å². The van der Waals surface area contributed by atoms with E-state index in [1.807, 2.05) is 61.5 Å². The van der Waals surface area contributed by atoms with E-state index in [0.717, 1.165) is 39.9 Å². The number of ether oxygens (including phenoxy) is 1. The number of benzene rings is 2. The molecule has 0 aliphatic rings. The highest BCUT2D eigenvalue weighted by atomic mass is 16.5. The van der Waals surface area contributed by atoms with Gasteiger partial charge in [-0.2, -0.15) is 0 Å². The summed E-state index contributed by atoms with van der Waals surface area (Å²) < 4.78 is 7.39. The van der Waals surface area contributed by atoms with Gasteiger partial charge in [0.1, 0.15) is 28.7 Å². The lowest BCUT2D eigenvalue weighted by Gasteiger charge is -2.11. The van der Waals surface area contributed by atoms with E-state index in [1.54, 1.807) is 19.2 Å². The monoisotopic (exact) mass is 345 g/mol. The Balaban J connectivity index is 1.92. The van der Waals surface area contributed by atoms with Crippen LogP contribution in [0.4, 0.5) is 11.5 Å². The van der Waals surface area contributed by atoms with Gasteiger partial charge in [-0.15, -0.1) is 0 Å². The first-order valence-corrected chi connectivity index (χ1v) is 8.34. The number of pyridine rings is 1. The second-order valence-electron chi connectivity index (χ2n) is 6.08. The first-order chi connectivity index (χ1) is 12.7. The second-order valence-corrected chi connectivity index (χ2v) is 6.08. The molecule has 0 radical (unpaired) electrons. The molecule has 0 fully saturated rings.